The molecule has 20 heavy (non-hydrogen) atoms. The van der Waals surface area contributed by atoms with Gasteiger partial charge in [-0.2, -0.15) is 0 Å². The molecular weight excluding hydrogens is 250 g/mol. The van der Waals surface area contributed by atoms with Crippen molar-refractivity contribution < 1.29 is 4.79 Å². The summed E-state index contributed by atoms with van der Waals surface area (Å²) in [5.74, 6) is 0.136. The third kappa shape index (κ3) is 5.70. The van der Waals surface area contributed by atoms with E-state index < -0.39 is 0 Å². The molecule has 1 aliphatic heterocycles. The Bertz CT molecular complexity index is 388. The average Bonchev–Trinajstić information content (AvgIpc) is 2.99. The summed E-state index contributed by atoms with van der Waals surface area (Å²) in [6.07, 6.45) is 7.98. The van der Waals surface area contributed by atoms with Crippen LogP contribution in [0.4, 0.5) is 0 Å². The molecule has 0 radical (unpaired) electrons. The number of pyridine rings is 1. The van der Waals surface area contributed by atoms with Crippen molar-refractivity contribution in [3.8, 4) is 0 Å². The summed E-state index contributed by atoms with van der Waals surface area (Å²) >= 11 is 0. The number of amides is 1. The lowest BCUT2D eigenvalue weighted by atomic mass is 10.2. The monoisotopic (exact) mass is 275 g/mol. The molecule has 0 aliphatic carbocycles. The SMILES string of the molecule is O=C(CCc1ccccn1)NCCCCN1CCCC1. The second-order valence-corrected chi connectivity index (χ2v) is 5.43. The number of hydrogen-bond acceptors (Lipinski definition) is 3. The number of hydrogen-bond donors (Lipinski definition) is 1. The molecule has 4 heteroatoms. The molecule has 110 valence electrons. The summed E-state index contributed by atoms with van der Waals surface area (Å²) in [4.78, 5) is 18.4. The lowest BCUT2D eigenvalue weighted by molar-refractivity contribution is -0.121. The summed E-state index contributed by atoms with van der Waals surface area (Å²) in [6.45, 7) is 4.51. The number of carbonyl (C=O) groups excluding carboxylic acids is 1. The number of aromatic nitrogens is 1. The lowest BCUT2D eigenvalue weighted by Gasteiger charge is -2.13. The van der Waals surface area contributed by atoms with E-state index in [2.05, 4.69) is 15.2 Å². The number of unbranched alkanes of at least 4 members (excludes halogenated alkanes) is 1. The number of nitrogens with zero attached hydrogens (tertiary/aromatic N) is 2. The quantitative estimate of drug-likeness (QED) is 0.738. The number of carbonyl (C=O) groups is 1. The van der Waals surface area contributed by atoms with Crippen LogP contribution >= 0.6 is 0 Å². The van der Waals surface area contributed by atoms with Crippen molar-refractivity contribution in [1.82, 2.24) is 15.2 Å². The topological polar surface area (TPSA) is 45.2 Å². The minimum atomic E-state index is 0.136. The summed E-state index contributed by atoms with van der Waals surface area (Å²) in [7, 11) is 0. The van der Waals surface area contributed by atoms with Gasteiger partial charge in [0.25, 0.3) is 0 Å². The van der Waals surface area contributed by atoms with Crippen molar-refractivity contribution in [2.75, 3.05) is 26.2 Å². The molecule has 0 saturated carbocycles. The van der Waals surface area contributed by atoms with Gasteiger partial charge < -0.3 is 10.2 Å². The first-order valence-electron chi connectivity index (χ1n) is 7.73. The van der Waals surface area contributed by atoms with E-state index in [0.717, 1.165) is 25.1 Å². The van der Waals surface area contributed by atoms with Crippen LogP contribution < -0.4 is 5.32 Å². The molecule has 1 amide bonds. The fraction of sp³-hybridized carbons (Fsp3) is 0.625. The van der Waals surface area contributed by atoms with Gasteiger partial charge >= 0.3 is 0 Å². The Labute approximate surface area is 121 Å². The van der Waals surface area contributed by atoms with Gasteiger partial charge in [-0.25, -0.2) is 0 Å². The van der Waals surface area contributed by atoms with Crippen molar-refractivity contribution in [1.29, 1.82) is 0 Å². The molecule has 1 fully saturated rings. The third-order valence-electron chi connectivity index (χ3n) is 3.76. The van der Waals surface area contributed by atoms with Crippen LogP contribution in [0.1, 0.15) is 37.8 Å². The van der Waals surface area contributed by atoms with Crippen LogP contribution in [-0.4, -0.2) is 42.0 Å². The number of nitrogens with one attached hydrogen (secondary N) is 1. The molecule has 1 aromatic rings. The van der Waals surface area contributed by atoms with Gasteiger partial charge in [-0.05, 0) is 63.9 Å². The van der Waals surface area contributed by atoms with Gasteiger partial charge in [-0.3, -0.25) is 9.78 Å². The maximum Gasteiger partial charge on any atom is 0.220 e. The molecular formula is C16H25N3O. The van der Waals surface area contributed by atoms with Crippen molar-refractivity contribution >= 4 is 5.91 Å². The van der Waals surface area contributed by atoms with E-state index in [1.54, 1.807) is 6.20 Å². The van der Waals surface area contributed by atoms with Crippen LogP contribution in [0, 0.1) is 0 Å². The zero-order chi connectivity index (χ0) is 14.0. The summed E-state index contributed by atoms with van der Waals surface area (Å²) in [5.41, 5.74) is 0.983. The molecule has 0 atom stereocenters. The van der Waals surface area contributed by atoms with Crippen LogP contribution in [0.2, 0.25) is 0 Å². The smallest absolute Gasteiger partial charge is 0.220 e. The molecule has 0 aromatic carbocycles. The Balaban J connectivity index is 1.47. The second kappa shape index (κ2) is 8.69. The maximum atomic E-state index is 11.7. The van der Waals surface area contributed by atoms with Gasteiger partial charge in [0.05, 0.1) is 0 Å². The standard InChI is InChI=1S/C16H25N3O/c20-16(9-8-15-7-1-2-10-17-15)18-11-3-4-12-19-13-5-6-14-19/h1-2,7,10H,3-6,8-9,11-14H2,(H,18,20). The summed E-state index contributed by atoms with van der Waals surface area (Å²) < 4.78 is 0. The van der Waals surface area contributed by atoms with Crippen LogP contribution in [0.25, 0.3) is 0 Å². The van der Waals surface area contributed by atoms with Gasteiger partial charge in [-0.1, -0.05) is 6.07 Å². The average molecular weight is 275 g/mol. The van der Waals surface area contributed by atoms with Crippen molar-refractivity contribution in [2.24, 2.45) is 0 Å². The van der Waals surface area contributed by atoms with E-state index in [-0.39, 0.29) is 5.91 Å². The Morgan fingerprint density at radius 1 is 1.25 bits per heavy atom. The van der Waals surface area contributed by atoms with E-state index in [1.165, 1.54) is 38.9 Å². The van der Waals surface area contributed by atoms with Gasteiger partial charge in [-0.15, -0.1) is 0 Å². The molecule has 1 aliphatic rings. The van der Waals surface area contributed by atoms with E-state index in [4.69, 9.17) is 0 Å². The molecule has 4 nitrogen and oxygen atoms in total. The van der Waals surface area contributed by atoms with Gasteiger partial charge in [0.2, 0.25) is 5.91 Å². The van der Waals surface area contributed by atoms with Gasteiger partial charge in [0, 0.05) is 24.9 Å². The van der Waals surface area contributed by atoms with Crippen LogP contribution in [0.3, 0.4) is 0 Å². The zero-order valence-electron chi connectivity index (χ0n) is 12.2. The highest BCUT2D eigenvalue weighted by Crippen LogP contribution is 2.07. The van der Waals surface area contributed by atoms with Crippen molar-refractivity contribution in [3.63, 3.8) is 0 Å². The minimum absolute atomic E-state index is 0.136. The number of rotatable bonds is 8. The number of aryl methyl sites for hydroxylation is 1. The van der Waals surface area contributed by atoms with Crippen LogP contribution in [-0.2, 0) is 11.2 Å². The van der Waals surface area contributed by atoms with Crippen molar-refractivity contribution in [3.05, 3.63) is 30.1 Å². The highest BCUT2D eigenvalue weighted by molar-refractivity contribution is 5.76. The fourth-order valence-electron chi connectivity index (χ4n) is 2.57. The first-order valence-corrected chi connectivity index (χ1v) is 7.73. The summed E-state index contributed by atoms with van der Waals surface area (Å²) in [5, 5.41) is 2.99. The lowest BCUT2D eigenvalue weighted by Crippen LogP contribution is -2.26. The normalized spacial score (nSPS) is 15.4. The van der Waals surface area contributed by atoms with E-state index in [1.807, 2.05) is 18.2 Å². The molecule has 1 N–H and O–H groups in total. The predicted octanol–water partition coefficient (Wildman–Crippen LogP) is 2.01. The van der Waals surface area contributed by atoms with Gasteiger partial charge in [0.15, 0.2) is 0 Å². The molecule has 2 heterocycles. The van der Waals surface area contributed by atoms with Crippen LogP contribution in [0.15, 0.2) is 24.4 Å². The maximum absolute atomic E-state index is 11.7. The van der Waals surface area contributed by atoms with Gasteiger partial charge in [0.1, 0.15) is 0 Å². The van der Waals surface area contributed by atoms with E-state index in [9.17, 15) is 4.79 Å². The highest BCUT2D eigenvalue weighted by Gasteiger charge is 2.10. The molecule has 2 rings (SSSR count). The second-order valence-electron chi connectivity index (χ2n) is 5.43. The van der Waals surface area contributed by atoms with E-state index in [0.29, 0.717) is 6.42 Å². The van der Waals surface area contributed by atoms with Crippen LogP contribution in [0.5, 0.6) is 0 Å². The molecule has 0 spiro atoms. The first-order chi connectivity index (χ1) is 9.84. The molecule has 0 bridgehead atoms. The molecule has 1 aromatic heterocycles. The van der Waals surface area contributed by atoms with E-state index >= 15 is 0 Å². The third-order valence-corrected chi connectivity index (χ3v) is 3.76. The highest BCUT2D eigenvalue weighted by atomic mass is 16.1. The Morgan fingerprint density at radius 3 is 2.85 bits per heavy atom. The Morgan fingerprint density at radius 2 is 2.10 bits per heavy atom. The minimum Gasteiger partial charge on any atom is -0.356 e. The number of likely N-dealkylation sites (tertiary alicyclic amines) is 1. The predicted molar refractivity (Wildman–Crippen MR) is 80.5 cm³/mol. The first kappa shape index (κ1) is 15.0. The Kier molecular flexibility index (Phi) is 6.51. The molecule has 0 unspecified atom stereocenters. The summed E-state index contributed by atoms with van der Waals surface area (Å²) in [6, 6.07) is 5.81. The molecule has 1 saturated heterocycles. The largest absolute Gasteiger partial charge is 0.356 e. The zero-order valence-corrected chi connectivity index (χ0v) is 12.2. The fourth-order valence-corrected chi connectivity index (χ4v) is 2.57. The van der Waals surface area contributed by atoms with Crippen molar-refractivity contribution in [2.45, 2.75) is 38.5 Å². The Hall–Kier alpha value is -1.42.